The third-order valence-corrected chi connectivity index (χ3v) is 4.61. The zero-order chi connectivity index (χ0) is 14.4. The van der Waals surface area contributed by atoms with Gasteiger partial charge in [-0.2, -0.15) is 5.26 Å². The molecule has 1 aromatic heterocycles. The number of rotatable bonds is 2. The van der Waals surface area contributed by atoms with Crippen molar-refractivity contribution in [3.8, 4) is 6.07 Å². The smallest absolute Gasteiger partial charge is 0.251 e. The Morgan fingerprint density at radius 1 is 1.43 bits per heavy atom. The van der Waals surface area contributed by atoms with Gasteiger partial charge in [-0.05, 0) is 37.1 Å². The first-order valence-corrected chi connectivity index (χ1v) is 7.19. The maximum absolute atomic E-state index is 12.4. The lowest BCUT2D eigenvalue weighted by molar-refractivity contribution is 0.0924. The van der Waals surface area contributed by atoms with Crippen LogP contribution in [0, 0.1) is 17.2 Å². The number of amides is 1. The molecule has 0 spiro atoms. The summed E-state index contributed by atoms with van der Waals surface area (Å²) in [5.41, 5.74) is 1.66. The topological polar surface area (TPSA) is 69.3 Å². The van der Waals surface area contributed by atoms with Crippen molar-refractivity contribution < 1.29 is 9.21 Å². The molecule has 2 bridgehead atoms. The second-order valence-electron chi connectivity index (χ2n) is 5.86. The van der Waals surface area contributed by atoms with Gasteiger partial charge in [0.1, 0.15) is 17.9 Å². The van der Waals surface area contributed by atoms with Crippen LogP contribution in [0.1, 0.15) is 22.3 Å². The van der Waals surface area contributed by atoms with Gasteiger partial charge in [0.25, 0.3) is 5.91 Å². The molecule has 4 rings (SSSR count). The lowest BCUT2D eigenvalue weighted by atomic mass is 9.99. The highest BCUT2D eigenvalue weighted by Crippen LogP contribution is 2.28. The van der Waals surface area contributed by atoms with E-state index in [9.17, 15) is 4.79 Å². The van der Waals surface area contributed by atoms with Gasteiger partial charge in [-0.15, -0.1) is 0 Å². The number of furan rings is 1. The first kappa shape index (κ1) is 12.4. The molecule has 0 radical (unpaired) electrons. The second-order valence-corrected chi connectivity index (χ2v) is 5.86. The Hall–Kier alpha value is -2.32. The van der Waals surface area contributed by atoms with Gasteiger partial charge in [0.15, 0.2) is 0 Å². The fourth-order valence-electron chi connectivity index (χ4n) is 3.46. The van der Waals surface area contributed by atoms with Crippen LogP contribution in [0.2, 0.25) is 0 Å². The molecule has 1 amide bonds. The number of benzene rings is 1. The molecule has 2 aliphatic rings. The molecule has 3 atom stereocenters. The van der Waals surface area contributed by atoms with Gasteiger partial charge in [-0.1, -0.05) is 0 Å². The molecule has 2 saturated heterocycles. The zero-order valence-electron chi connectivity index (χ0n) is 11.5. The minimum absolute atomic E-state index is 0.0643. The van der Waals surface area contributed by atoms with Gasteiger partial charge in [0.2, 0.25) is 0 Å². The van der Waals surface area contributed by atoms with Gasteiger partial charge in [-0.25, -0.2) is 0 Å². The lowest BCUT2D eigenvalue weighted by Gasteiger charge is -2.23. The third-order valence-electron chi connectivity index (χ3n) is 4.61. The van der Waals surface area contributed by atoms with Crippen LogP contribution in [0.15, 0.2) is 28.9 Å². The highest BCUT2D eigenvalue weighted by atomic mass is 16.3. The molecule has 3 heterocycles. The van der Waals surface area contributed by atoms with E-state index in [1.807, 2.05) is 0 Å². The third kappa shape index (κ3) is 1.99. The first-order chi connectivity index (χ1) is 10.2. The van der Waals surface area contributed by atoms with E-state index in [4.69, 9.17) is 9.68 Å². The summed E-state index contributed by atoms with van der Waals surface area (Å²) in [6.45, 7) is 3.22. The molecule has 5 nitrogen and oxygen atoms in total. The van der Waals surface area contributed by atoms with Crippen molar-refractivity contribution in [3.05, 3.63) is 35.6 Å². The van der Waals surface area contributed by atoms with Crippen molar-refractivity contribution in [3.63, 3.8) is 0 Å². The predicted molar refractivity (Wildman–Crippen MR) is 76.7 cm³/mol. The van der Waals surface area contributed by atoms with Crippen LogP contribution in [0.5, 0.6) is 0 Å². The molecule has 0 saturated carbocycles. The molecule has 2 aromatic rings. The van der Waals surface area contributed by atoms with E-state index >= 15 is 0 Å². The normalized spacial score (nSPS) is 26.9. The highest BCUT2D eigenvalue weighted by molar-refractivity contribution is 5.98. The van der Waals surface area contributed by atoms with Crippen molar-refractivity contribution in [2.75, 3.05) is 19.6 Å². The van der Waals surface area contributed by atoms with E-state index < -0.39 is 0 Å². The lowest BCUT2D eigenvalue weighted by Crippen LogP contribution is -2.43. The maximum atomic E-state index is 12.4. The van der Waals surface area contributed by atoms with Crippen molar-refractivity contribution in [1.82, 2.24) is 10.2 Å². The van der Waals surface area contributed by atoms with Crippen molar-refractivity contribution in [1.29, 1.82) is 5.26 Å². The molecule has 0 aliphatic carbocycles. The van der Waals surface area contributed by atoms with Gasteiger partial charge in [0, 0.05) is 30.1 Å². The Morgan fingerprint density at radius 2 is 2.33 bits per heavy atom. The van der Waals surface area contributed by atoms with Crippen LogP contribution >= 0.6 is 0 Å². The SMILES string of the molecule is N#Cc1coc2cc(C(=O)NC3CN4CC[C@H]3C4)ccc12. The number of hydrogen-bond acceptors (Lipinski definition) is 4. The van der Waals surface area contributed by atoms with Crippen LogP contribution in [0.3, 0.4) is 0 Å². The Bertz CT molecular complexity index is 758. The molecular formula is C16H15N3O2. The van der Waals surface area contributed by atoms with Crippen molar-refractivity contribution in [2.45, 2.75) is 12.5 Å². The van der Waals surface area contributed by atoms with Crippen LogP contribution in [-0.2, 0) is 0 Å². The number of nitrogens with one attached hydrogen (secondary N) is 1. The number of carbonyl (C=O) groups excluding carboxylic acids is 1. The largest absolute Gasteiger partial charge is 0.463 e. The summed E-state index contributed by atoms with van der Waals surface area (Å²) in [7, 11) is 0. The van der Waals surface area contributed by atoms with Gasteiger partial charge in [0.05, 0.1) is 5.56 Å². The van der Waals surface area contributed by atoms with Crippen molar-refractivity contribution in [2.24, 2.45) is 5.92 Å². The van der Waals surface area contributed by atoms with Gasteiger partial charge < -0.3 is 14.6 Å². The summed E-state index contributed by atoms with van der Waals surface area (Å²) < 4.78 is 5.34. The average molecular weight is 281 g/mol. The molecule has 2 aliphatic heterocycles. The first-order valence-electron chi connectivity index (χ1n) is 7.19. The minimum Gasteiger partial charge on any atom is -0.463 e. The summed E-state index contributed by atoms with van der Waals surface area (Å²) in [4.78, 5) is 14.8. The predicted octanol–water partition coefficient (Wildman–Crippen LogP) is 1.74. The Morgan fingerprint density at radius 3 is 3.05 bits per heavy atom. The number of nitrogens with zero attached hydrogens (tertiary/aromatic N) is 2. The van der Waals surface area contributed by atoms with E-state index in [0.29, 0.717) is 22.6 Å². The van der Waals surface area contributed by atoms with E-state index in [2.05, 4.69) is 16.3 Å². The summed E-state index contributed by atoms with van der Waals surface area (Å²) >= 11 is 0. The Kier molecular flexibility index (Phi) is 2.72. The highest BCUT2D eigenvalue weighted by Gasteiger charge is 2.38. The zero-order valence-corrected chi connectivity index (χ0v) is 11.5. The quantitative estimate of drug-likeness (QED) is 0.910. The molecule has 1 aromatic carbocycles. The fourth-order valence-corrected chi connectivity index (χ4v) is 3.46. The Labute approximate surface area is 122 Å². The number of fused-ring (bicyclic) bond motifs is 3. The van der Waals surface area contributed by atoms with Gasteiger partial charge in [-0.3, -0.25) is 4.79 Å². The molecule has 21 heavy (non-hydrogen) atoms. The fraction of sp³-hybridized carbons (Fsp3) is 0.375. The molecule has 106 valence electrons. The maximum Gasteiger partial charge on any atom is 0.251 e. The van der Waals surface area contributed by atoms with Crippen LogP contribution in [0.25, 0.3) is 11.0 Å². The molecule has 2 unspecified atom stereocenters. The van der Waals surface area contributed by atoms with E-state index in [1.54, 1.807) is 18.2 Å². The molecule has 2 fully saturated rings. The molecular weight excluding hydrogens is 266 g/mol. The molecule has 1 N–H and O–H groups in total. The monoisotopic (exact) mass is 281 g/mol. The molecule has 5 heteroatoms. The standard InChI is InChI=1S/C16H15N3O2/c17-6-12-9-21-15-5-10(1-2-13(12)15)16(20)18-14-8-19-4-3-11(14)7-19/h1-2,5,9,11,14H,3-4,7-8H2,(H,18,20)/t11-,14?/m0/s1. The van der Waals surface area contributed by atoms with Crippen molar-refractivity contribution >= 4 is 16.9 Å². The Balaban J connectivity index is 1.55. The summed E-state index contributed by atoms with van der Waals surface area (Å²) in [6, 6.07) is 7.57. The number of nitriles is 1. The van der Waals surface area contributed by atoms with E-state index in [1.165, 1.54) is 12.7 Å². The number of carbonyl (C=O) groups is 1. The van der Waals surface area contributed by atoms with E-state index in [-0.39, 0.29) is 11.9 Å². The summed E-state index contributed by atoms with van der Waals surface area (Å²) in [5.74, 6) is 0.525. The number of hydrogen-bond donors (Lipinski definition) is 1. The average Bonchev–Trinajstić information content (AvgIpc) is 3.21. The summed E-state index contributed by atoms with van der Waals surface area (Å²) in [5, 5.41) is 12.8. The summed E-state index contributed by atoms with van der Waals surface area (Å²) in [6.07, 6.45) is 2.60. The van der Waals surface area contributed by atoms with Gasteiger partial charge >= 0.3 is 0 Å². The van der Waals surface area contributed by atoms with Crippen LogP contribution < -0.4 is 5.32 Å². The van der Waals surface area contributed by atoms with Crippen LogP contribution in [-0.4, -0.2) is 36.5 Å². The second kappa shape index (κ2) is 4.61. The minimum atomic E-state index is -0.0643. The van der Waals surface area contributed by atoms with E-state index in [0.717, 1.165) is 25.0 Å². The van der Waals surface area contributed by atoms with Crippen LogP contribution in [0.4, 0.5) is 0 Å². The number of piperidine rings is 1.